The first kappa shape index (κ1) is 15.9. The Morgan fingerprint density at radius 2 is 2.00 bits per heavy atom. The van der Waals surface area contributed by atoms with E-state index in [0.29, 0.717) is 0 Å². The van der Waals surface area contributed by atoms with Gasteiger partial charge in [-0.25, -0.2) is 13.1 Å². The molecule has 0 aliphatic carbocycles. The fourth-order valence-corrected chi connectivity index (χ4v) is 2.44. The number of ether oxygens (including phenoxy) is 1. The lowest BCUT2D eigenvalue weighted by molar-refractivity contribution is -0.141. The maximum atomic E-state index is 11.4. The number of carboxylic acids is 1. The van der Waals surface area contributed by atoms with Gasteiger partial charge in [-0.15, -0.1) is 0 Å². The van der Waals surface area contributed by atoms with Crippen LogP contribution < -0.4 is 4.72 Å². The van der Waals surface area contributed by atoms with Gasteiger partial charge < -0.3 is 9.84 Å². The van der Waals surface area contributed by atoms with E-state index < -0.39 is 28.0 Å². The van der Waals surface area contributed by atoms with Crippen LogP contribution in [-0.4, -0.2) is 44.4 Å². The number of carbonyl (C=O) groups is 2. The molecule has 8 heteroatoms. The molecule has 17 heavy (non-hydrogen) atoms. The summed E-state index contributed by atoms with van der Waals surface area (Å²) >= 11 is 0. The SMILES string of the molecule is CC[C@H](NS(=O)(=O)CCCC(=O)OC)C(=O)O. The molecule has 0 saturated carbocycles. The zero-order valence-electron chi connectivity index (χ0n) is 9.80. The van der Waals surface area contributed by atoms with E-state index in [1.165, 1.54) is 7.11 Å². The number of esters is 1. The van der Waals surface area contributed by atoms with Crippen LogP contribution in [0.4, 0.5) is 0 Å². The van der Waals surface area contributed by atoms with Crippen molar-refractivity contribution in [3.05, 3.63) is 0 Å². The van der Waals surface area contributed by atoms with Crippen molar-refractivity contribution in [1.82, 2.24) is 4.72 Å². The van der Waals surface area contributed by atoms with Gasteiger partial charge in [0.1, 0.15) is 6.04 Å². The fourth-order valence-electron chi connectivity index (χ4n) is 1.09. The van der Waals surface area contributed by atoms with E-state index in [1.54, 1.807) is 6.92 Å². The summed E-state index contributed by atoms with van der Waals surface area (Å²) < 4.78 is 29.3. The van der Waals surface area contributed by atoms with Crippen LogP contribution >= 0.6 is 0 Å². The number of nitrogens with one attached hydrogen (secondary N) is 1. The average molecular weight is 267 g/mol. The quantitative estimate of drug-likeness (QED) is 0.585. The lowest BCUT2D eigenvalue weighted by atomic mass is 10.2. The number of carbonyl (C=O) groups excluding carboxylic acids is 1. The molecule has 0 aromatic carbocycles. The van der Waals surface area contributed by atoms with Crippen molar-refractivity contribution in [2.24, 2.45) is 0 Å². The van der Waals surface area contributed by atoms with E-state index in [4.69, 9.17) is 5.11 Å². The highest BCUT2D eigenvalue weighted by atomic mass is 32.2. The molecule has 0 aromatic rings. The first-order chi connectivity index (χ1) is 7.82. The summed E-state index contributed by atoms with van der Waals surface area (Å²) in [6.45, 7) is 1.57. The molecule has 0 aromatic heterocycles. The van der Waals surface area contributed by atoms with E-state index in [9.17, 15) is 18.0 Å². The van der Waals surface area contributed by atoms with Gasteiger partial charge in [-0.2, -0.15) is 0 Å². The molecule has 100 valence electrons. The molecule has 7 nitrogen and oxygen atoms in total. The molecule has 0 spiro atoms. The highest BCUT2D eigenvalue weighted by molar-refractivity contribution is 7.89. The highest BCUT2D eigenvalue weighted by Gasteiger charge is 2.22. The van der Waals surface area contributed by atoms with Gasteiger partial charge in [0.15, 0.2) is 0 Å². The Morgan fingerprint density at radius 3 is 2.41 bits per heavy atom. The van der Waals surface area contributed by atoms with Gasteiger partial charge in [-0.05, 0) is 12.8 Å². The zero-order valence-corrected chi connectivity index (χ0v) is 10.6. The summed E-state index contributed by atoms with van der Waals surface area (Å²) in [4.78, 5) is 21.4. The van der Waals surface area contributed by atoms with E-state index in [2.05, 4.69) is 9.46 Å². The summed E-state index contributed by atoms with van der Waals surface area (Å²) in [5.74, 6) is -2.01. The van der Waals surface area contributed by atoms with Crippen LogP contribution in [0.2, 0.25) is 0 Å². The molecule has 0 bridgehead atoms. The van der Waals surface area contributed by atoms with Crippen molar-refractivity contribution in [2.75, 3.05) is 12.9 Å². The number of aliphatic carboxylic acids is 1. The predicted octanol–water partition coefficient (Wildman–Crippen LogP) is -0.278. The summed E-state index contributed by atoms with van der Waals surface area (Å²) in [6, 6.07) is -1.13. The number of hydrogen-bond donors (Lipinski definition) is 2. The minimum atomic E-state index is -3.68. The summed E-state index contributed by atoms with van der Waals surface area (Å²) in [5.41, 5.74) is 0. The maximum absolute atomic E-state index is 11.4. The fraction of sp³-hybridized carbons (Fsp3) is 0.778. The van der Waals surface area contributed by atoms with Crippen molar-refractivity contribution in [2.45, 2.75) is 32.2 Å². The van der Waals surface area contributed by atoms with Crippen molar-refractivity contribution in [1.29, 1.82) is 0 Å². The Labute approximate surface area is 100 Å². The Hall–Kier alpha value is -1.15. The molecule has 0 heterocycles. The Kier molecular flexibility index (Phi) is 6.74. The number of carboxylic acid groups (broad SMARTS) is 1. The van der Waals surface area contributed by atoms with Crippen LogP contribution in [-0.2, 0) is 24.3 Å². The third kappa shape index (κ3) is 6.90. The predicted molar refractivity (Wildman–Crippen MR) is 59.9 cm³/mol. The van der Waals surface area contributed by atoms with Gasteiger partial charge in [0, 0.05) is 6.42 Å². The molecule has 0 aliphatic rings. The number of rotatable bonds is 8. The van der Waals surface area contributed by atoms with E-state index >= 15 is 0 Å². The molecule has 0 aliphatic heterocycles. The van der Waals surface area contributed by atoms with Gasteiger partial charge >= 0.3 is 11.9 Å². The molecule has 0 amide bonds. The van der Waals surface area contributed by atoms with Crippen molar-refractivity contribution >= 4 is 22.0 Å². The molecule has 0 unspecified atom stereocenters. The lowest BCUT2D eigenvalue weighted by Crippen LogP contribution is -2.41. The second-order valence-electron chi connectivity index (χ2n) is 3.42. The number of hydrogen-bond acceptors (Lipinski definition) is 5. The second-order valence-corrected chi connectivity index (χ2v) is 5.29. The first-order valence-corrected chi connectivity index (χ1v) is 6.77. The minimum Gasteiger partial charge on any atom is -0.480 e. The third-order valence-corrected chi connectivity index (χ3v) is 3.52. The largest absolute Gasteiger partial charge is 0.480 e. The van der Waals surface area contributed by atoms with Crippen LogP contribution in [0.25, 0.3) is 0 Å². The normalized spacial score (nSPS) is 13.1. The third-order valence-electron chi connectivity index (χ3n) is 2.05. The first-order valence-electron chi connectivity index (χ1n) is 5.12. The molecule has 1 atom stereocenters. The van der Waals surface area contributed by atoms with Gasteiger partial charge in [-0.1, -0.05) is 6.92 Å². The van der Waals surface area contributed by atoms with Crippen molar-refractivity contribution in [3.63, 3.8) is 0 Å². The standard InChI is InChI=1S/C9H17NO6S/c1-3-7(9(12)13)10-17(14,15)6-4-5-8(11)16-2/h7,10H,3-6H2,1-2H3,(H,12,13)/t7-/m0/s1. The molecule has 0 saturated heterocycles. The van der Waals surface area contributed by atoms with Gasteiger partial charge in [0.25, 0.3) is 0 Å². The van der Waals surface area contributed by atoms with E-state index in [1.807, 2.05) is 0 Å². The van der Waals surface area contributed by atoms with Crippen LogP contribution in [0, 0.1) is 0 Å². The van der Waals surface area contributed by atoms with Crippen LogP contribution in [0.15, 0.2) is 0 Å². The maximum Gasteiger partial charge on any atom is 0.321 e. The summed E-state index contributed by atoms with van der Waals surface area (Å²) in [5, 5.41) is 8.69. The molecular formula is C9H17NO6S. The molecule has 0 radical (unpaired) electrons. The molecule has 0 fully saturated rings. The topological polar surface area (TPSA) is 110 Å². The number of methoxy groups -OCH3 is 1. The Morgan fingerprint density at radius 1 is 1.41 bits per heavy atom. The van der Waals surface area contributed by atoms with Gasteiger partial charge in [-0.3, -0.25) is 9.59 Å². The minimum absolute atomic E-state index is 0.0126. The lowest BCUT2D eigenvalue weighted by Gasteiger charge is -2.12. The van der Waals surface area contributed by atoms with Gasteiger partial charge in [0.2, 0.25) is 10.0 Å². The van der Waals surface area contributed by atoms with Crippen LogP contribution in [0.1, 0.15) is 26.2 Å². The second kappa shape index (κ2) is 7.23. The van der Waals surface area contributed by atoms with Crippen molar-refractivity contribution in [3.8, 4) is 0 Å². The molecule has 2 N–H and O–H groups in total. The number of sulfonamides is 1. The smallest absolute Gasteiger partial charge is 0.321 e. The van der Waals surface area contributed by atoms with Crippen molar-refractivity contribution < 1.29 is 27.9 Å². The highest BCUT2D eigenvalue weighted by Crippen LogP contribution is 2.00. The van der Waals surface area contributed by atoms with Crippen LogP contribution in [0.5, 0.6) is 0 Å². The monoisotopic (exact) mass is 267 g/mol. The summed E-state index contributed by atoms with van der Waals surface area (Å²) in [7, 11) is -2.47. The molecular weight excluding hydrogens is 250 g/mol. The average Bonchev–Trinajstić information content (AvgIpc) is 2.25. The van der Waals surface area contributed by atoms with Gasteiger partial charge in [0.05, 0.1) is 12.9 Å². The van der Waals surface area contributed by atoms with E-state index in [0.717, 1.165) is 0 Å². The molecule has 0 rings (SSSR count). The van der Waals surface area contributed by atoms with E-state index in [-0.39, 0.29) is 25.0 Å². The summed E-state index contributed by atoms with van der Waals surface area (Å²) in [6.07, 6.45) is 0.241. The Bertz CT molecular complexity index is 364. The Balaban J connectivity index is 4.20. The van der Waals surface area contributed by atoms with Crippen LogP contribution in [0.3, 0.4) is 0 Å². The zero-order chi connectivity index (χ0) is 13.5.